The maximum absolute atomic E-state index is 15.4. The number of carbonyl (C=O) groups is 1. The van der Waals surface area contributed by atoms with Crippen LogP contribution in [0.4, 0.5) is 33.5 Å². The molecule has 0 radical (unpaired) electrons. The zero-order valence-electron chi connectivity index (χ0n) is 18.9. The highest BCUT2D eigenvalue weighted by molar-refractivity contribution is 8.00. The van der Waals surface area contributed by atoms with Gasteiger partial charge in [0.1, 0.15) is 23.6 Å². The summed E-state index contributed by atoms with van der Waals surface area (Å²) in [6.45, 7) is 1.97. The fourth-order valence-corrected chi connectivity index (χ4v) is 4.60. The van der Waals surface area contributed by atoms with Crippen molar-refractivity contribution in [2.75, 3.05) is 35.9 Å². The zero-order valence-corrected chi connectivity index (χ0v) is 19.7. The average molecular weight is 535 g/mol. The molecule has 0 amide bonds. The number of hydrogen-bond donors (Lipinski definition) is 2. The predicted molar refractivity (Wildman–Crippen MR) is 128 cm³/mol. The summed E-state index contributed by atoms with van der Waals surface area (Å²) in [6.07, 6.45) is -1.81. The summed E-state index contributed by atoms with van der Waals surface area (Å²) in [7, 11) is 0. The molecule has 3 heterocycles. The number of ketones is 1. The van der Waals surface area contributed by atoms with E-state index >= 15 is 4.39 Å². The fourth-order valence-electron chi connectivity index (χ4n) is 3.94. The lowest BCUT2D eigenvalue weighted by Gasteiger charge is -2.28. The number of fused-ring (bicyclic) bond motifs is 1. The average Bonchev–Trinajstić information content (AvgIpc) is 3.33. The minimum atomic E-state index is -4.48. The van der Waals surface area contributed by atoms with Crippen molar-refractivity contribution in [3.63, 3.8) is 0 Å². The van der Waals surface area contributed by atoms with Gasteiger partial charge in [-0.3, -0.25) is 4.79 Å². The van der Waals surface area contributed by atoms with Crippen LogP contribution in [0.3, 0.4) is 0 Å². The van der Waals surface area contributed by atoms with Gasteiger partial charge in [0.25, 0.3) is 0 Å². The van der Waals surface area contributed by atoms with E-state index in [1.165, 1.54) is 24.7 Å². The predicted octanol–water partition coefficient (Wildman–Crippen LogP) is 5.44. The Morgan fingerprint density at radius 1 is 1.05 bits per heavy atom. The molecule has 2 aromatic carbocycles. The van der Waals surface area contributed by atoms with E-state index in [4.69, 9.17) is 4.74 Å². The molecule has 0 saturated carbocycles. The number of benzene rings is 2. The third-order valence-corrected chi connectivity index (χ3v) is 6.61. The highest BCUT2D eigenvalue weighted by Gasteiger charge is 2.30. The second kappa shape index (κ2) is 9.98. The molecular formula is C24H18F5N5O2S. The number of morpholine rings is 1. The summed E-state index contributed by atoms with van der Waals surface area (Å²) in [4.78, 5) is 27.0. The minimum Gasteiger partial charge on any atom is -0.378 e. The Morgan fingerprint density at radius 2 is 1.78 bits per heavy atom. The smallest absolute Gasteiger partial charge is 0.378 e. The molecule has 4 aromatic rings. The van der Waals surface area contributed by atoms with Gasteiger partial charge in [-0.1, -0.05) is 0 Å². The monoisotopic (exact) mass is 535 g/mol. The maximum atomic E-state index is 15.4. The molecule has 5 rings (SSSR count). The molecule has 0 spiro atoms. The van der Waals surface area contributed by atoms with Crippen molar-refractivity contribution in [1.29, 1.82) is 0 Å². The Morgan fingerprint density at radius 3 is 2.49 bits per heavy atom. The Bertz CT molecular complexity index is 1450. The summed E-state index contributed by atoms with van der Waals surface area (Å²) < 4.78 is 76.5. The second-order valence-corrected chi connectivity index (χ2v) is 8.94. The van der Waals surface area contributed by atoms with Crippen LogP contribution in [0.25, 0.3) is 11.0 Å². The van der Waals surface area contributed by atoms with E-state index in [1.807, 2.05) is 4.90 Å². The van der Waals surface area contributed by atoms with E-state index in [0.717, 1.165) is 36.2 Å². The summed E-state index contributed by atoms with van der Waals surface area (Å²) in [5.41, 5.74) is -1.47. The number of nitrogens with zero attached hydrogens (tertiary/aromatic N) is 3. The van der Waals surface area contributed by atoms with E-state index in [2.05, 4.69) is 19.7 Å². The number of nitrogens with one attached hydrogen (secondary N) is 2. The van der Waals surface area contributed by atoms with Crippen LogP contribution < -0.4 is 9.62 Å². The van der Waals surface area contributed by atoms with Crippen LogP contribution in [0.1, 0.15) is 21.5 Å². The lowest BCUT2D eigenvalue weighted by molar-refractivity contribution is -0.137. The quantitative estimate of drug-likeness (QED) is 0.193. The van der Waals surface area contributed by atoms with E-state index in [0.29, 0.717) is 48.1 Å². The molecule has 0 bridgehead atoms. The number of rotatable bonds is 6. The van der Waals surface area contributed by atoms with Gasteiger partial charge in [0.15, 0.2) is 5.82 Å². The van der Waals surface area contributed by atoms with Crippen LogP contribution >= 0.6 is 11.9 Å². The number of halogens is 5. The molecule has 192 valence electrons. The lowest BCUT2D eigenvalue weighted by Crippen LogP contribution is -2.37. The number of aromatic amines is 1. The van der Waals surface area contributed by atoms with Gasteiger partial charge in [0, 0.05) is 24.2 Å². The van der Waals surface area contributed by atoms with Crippen LogP contribution in [-0.2, 0) is 10.9 Å². The van der Waals surface area contributed by atoms with Gasteiger partial charge in [0.05, 0.1) is 41.0 Å². The normalized spacial score (nSPS) is 14.2. The number of carbonyl (C=O) groups excluding carboxylic acids is 1. The largest absolute Gasteiger partial charge is 0.416 e. The molecule has 2 N–H and O–H groups in total. The number of hydrogen-bond acceptors (Lipinski definition) is 7. The molecule has 37 heavy (non-hydrogen) atoms. The first kappa shape index (κ1) is 25.0. The van der Waals surface area contributed by atoms with Crippen molar-refractivity contribution in [3.05, 3.63) is 77.2 Å². The first-order valence-electron chi connectivity index (χ1n) is 11.0. The molecule has 1 saturated heterocycles. The van der Waals surface area contributed by atoms with Crippen molar-refractivity contribution in [1.82, 2.24) is 15.0 Å². The van der Waals surface area contributed by atoms with Gasteiger partial charge in [-0.25, -0.2) is 18.7 Å². The molecule has 2 aromatic heterocycles. The van der Waals surface area contributed by atoms with Crippen LogP contribution in [-0.4, -0.2) is 47.0 Å². The number of ether oxygens (including phenoxy) is 1. The molecular weight excluding hydrogens is 517 g/mol. The molecule has 1 fully saturated rings. The van der Waals surface area contributed by atoms with E-state index in [1.54, 1.807) is 0 Å². The number of alkyl halides is 3. The van der Waals surface area contributed by atoms with Crippen LogP contribution in [0.5, 0.6) is 0 Å². The second-order valence-electron chi connectivity index (χ2n) is 8.06. The molecule has 0 atom stereocenters. The third-order valence-electron chi connectivity index (χ3n) is 5.78. The zero-order chi connectivity index (χ0) is 26.2. The molecule has 0 aliphatic carbocycles. The van der Waals surface area contributed by atoms with Crippen molar-refractivity contribution < 1.29 is 31.5 Å². The van der Waals surface area contributed by atoms with Gasteiger partial charge in [-0.15, -0.1) is 0 Å². The molecule has 7 nitrogen and oxygen atoms in total. The Labute approximate surface area is 211 Å². The van der Waals surface area contributed by atoms with E-state index in [-0.39, 0.29) is 11.3 Å². The molecule has 13 heteroatoms. The first-order chi connectivity index (χ1) is 17.7. The summed E-state index contributed by atoms with van der Waals surface area (Å²) in [6, 6.07) is 6.27. The molecule has 1 aliphatic heterocycles. The van der Waals surface area contributed by atoms with Crippen molar-refractivity contribution in [3.8, 4) is 0 Å². The van der Waals surface area contributed by atoms with E-state index in [9.17, 15) is 22.4 Å². The Kier molecular flexibility index (Phi) is 6.73. The highest BCUT2D eigenvalue weighted by Crippen LogP contribution is 2.34. The van der Waals surface area contributed by atoms with E-state index < -0.39 is 34.7 Å². The van der Waals surface area contributed by atoms with Crippen molar-refractivity contribution in [2.24, 2.45) is 0 Å². The first-order valence-corrected chi connectivity index (χ1v) is 11.8. The van der Waals surface area contributed by atoms with Gasteiger partial charge in [0.2, 0.25) is 5.78 Å². The van der Waals surface area contributed by atoms with Gasteiger partial charge in [-0.05, 0) is 48.3 Å². The molecule has 1 aliphatic rings. The number of aromatic nitrogens is 3. The number of anilines is 2. The SMILES string of the molecule is O=C(c1c(F)ccc(NSc2ccc(C(F)(F)F)cc2)c1F)c1c[nH]c2ncnc(N3CCOCC3)c12. The third kappa shape index (κ3) is 4.96. The Balaban J connectivity index is 1.44. The van der Waals surface area contributed by atoms with Crippen LogP contribution in [0.15, 0.2) is 53.8 Å². The lowest BCUT2D eigenvalue weighted by atomic mass is 10.0. The summed E-state index contributed by atoms with van der Waals surface area (Å²) in [5, 5.41) is 0.339. The summed E-state index contributed by atoms with van der Waals surface area (Å²) in [5.74, 6) is -2.66. The van der Waals surface area contributed by atoms with Crippen LogP contribution in [0, 0.1) is 11.6 Å². The fraction of sp³-hybridized carbons (Fsp3) is 0.208. The van der Waals surface area contributed by atoms with Gasteiger partial charge in [-0.2, -0.15) is 13.2 Å². The molecule has 0 unspecified atom stereocenters. The Hall–Kier alpha value is -3.71. The standard InChI is InChI=1S/C24H18F5N5O2S/c25-16-5-6-17(33-37-14-3-1-13(2-4-14)24(27,28)29)20(26)19(16)21(35)15-11-30-22-18(15)23(32-12-31-22)34-7-9-36-10-8-34/h1-6,11-12,33H,7-10H2,(H,30,31,32). The number of H-pyrrole nitrogens is 1. The summed E-state index contributed by atoms with van der Waals surface area (Å²) >= 11 is 0.819. The van der Waals surface area contributed by atoms with Crippen molar-refractivity contribution in [2.45, 2.75) is 11.1 Å². The maximum Gasteiger partial charge on any atom is 0.416 e. The van der Waals surface area contributed by atoms with Crippen molar-refractivity contribution >= 4 is 40.3 Å². The topological polar surface area (TPSA) is 83.1 Å². The van der Waals surface area contributed by atoms with Crippen LogP contribution in [0.2, 0.25) is 0 Å². The highest BCUT2D eigenvalue weighted by atomic mass is 32.2. The minimum absolute atomic E-state index is 0.00225. The van der Waals surface area contributed by atoms with Gasteiger partial charge < -0.3 is 19.3 Å². The van der Waals surface area contributed by atoms with Gasteiger partial charge >= 0.3 is 6.18 Å².